The van der Waals surface area contributed by atoms with E-state index in [2.05, 4.69) is 39.9 Å². The number of carbonyl (C=O) groups excluding carboxylic acids is 3. The van der Waals surface area contributed by atoms with Gasteiger partial charge in [0, 0.05) is 24.6 Å². The normalized spacial score (nSPS) is 26.9. The summed E-state index contributed by atoms with van der Waals surface area (Å²) in [6.45, 7) is 12.9. The number of hydrogen-bond acceptors (Lipinski definition) is 6. The predicted octanol–water partition coefficient (Wildman–Crippen LogP) is 4.06. The maximum atomic E-state index is 13.8. The molecule has 1 N–H and O–H groups in total. The molecule has 0 aliphatic carbocycles. The zero-order valence-electron chi connectivity index (χ0n) is 22.1. The van der Waals surface area contributed by atoms with Gasteiger partial charge in [-0.3, -0.25) is 14.4 Å². The number of amides is 2. The fourth-order valence-corrected chi connectivity index (χ4v) is 4.96. The molecular formula is C27H40N2O6. The summed E-state index contributed by atoms with van der Waals surface area (Å²) in [5.74, 6) is -0.518. The van der Waals surface area contributed by atoms with E-state index >= 15 is 0 Å². The Hall–Kier alpha value is -2.61. The van der Waals surface area contributed by atoms with Crippen LogP contribution in [0.15, 0.2) is 34.6 Å². The Morgan fingerprint density at radius 1 is 1.31 bits per heavy atom. The molecule has 3 heterocycles. The number of ether oxygens (including phenoxy) is 2. The van der Waals surface area contributed by atoms with Gasteiger partial charge in [-0.15, -0.1) is 0 Å². The van der Waals surface area contributed by atoms with Crippen LogP contribution in [0.4, 0.5) is 0 Å². The zero-order valence-corrected chi connectivity index (χ0v) is 22.1. The second-order valence-corrected chi connectivity index (χ2v) is 11.2. The van der Waals surface area contributed by atoms with E-state index in [1.54, 1.807) is 23.3 Å². The summed E-state index contributed by atoms with van der Waals surface area (Å²) in [4.78, 5) is 41.6. The lowest BCUT2D eigenvalue weighted by Crippen LogP contribution is -2.61. The van der Waals surface area contributed by atoms with Crippen molar-refractivity contribution < 1.29 is 28.3 Å². The van der Waals surface area contributed by atoms with E-state index in [4.69, 9.17) is 13.9 Å². The molecule has 0 bridgehead atoms. The minimum Gasteiger partial charge on any atom is -0.468 e. The number of nitrogens with one attached hydrogen (secondary N) is 1. The van der Waals surface area contributed by atoms with Crippen LogP contribution in [0.1, 0.15) is 66.6 Å². The van der Waals surface area contributed by atoms with E-state index in [-0.39, 0.29) is 42.7 Å². The van der Waals surface area contributed by atoms with Gasteiger partial charge in [0.15, 0.2) is 0 Å². The first-order valence-electron chi connectivity index (χ1n) is 12.5. The first-order chi connectivity index (χ1) is 16.4. The smallest absolute Gasteiger partial charge is 0.320 e. The Kier molecular flexibility index (Phi) is 8.14. The van der Waals surface area contributed by atoms with Crippen LogP contribution < -0.4 is 5.32 Å². The quantitative estimate of drug-likeness (QED) is 0.554. The van der Waals surface area contributed by atoms with Crippen LogP contribution in [0, 0.1) is 22.7 Å². The molecular weight excluding hydrogens is 448 g/mol. The standard InChI is InChI=1S/C27H40N2O6/c1-17(2)10-11-28-23(30)13-19-15-27(25(32)33-7)18(3)35-22(26(4,5)6)14-21(27)29(24(19)31)16-20-9-8-12-34-20/h8-9,12,14,17-19,22H,10-11,13,15-16H2,1-7H3,(H,28,30)/t18-,19+,22-,27+/m1/s1. The summed E-state index contributed by atoms with van der Waals surface area (Å²) < 4.78 is 17.2. The van der Waals surface area contributed by atoms with Crippen LogP contribution in [0.25, 0.3) is 0 Å². The summed E-state index contributed by atoms with van der Waals surface area (Å²) in [6, 6.07) is 3.55. The molecule has 1 aromatic heterocycles. The number of fused-ring (bicyclic) bond motifs is 1. The molecule has 2 aliphatic rings. The minimum atomic E-state index is -1.21. The fraction of sp³-hybridized carbons (Fsp3) is 0.667. The van der Waals surface area contributed by atoms with Gasteiger partial charge in [-0.2, -0.15) is 0 Å². The molecule has 0 aromatic carbocycles. The molecule has 0 radical (unpaired) electrons. The average Bonchev–Trinajstić information content (AvgIpc) is 3.28. The van der Waals surface area contributed by atoms with Crippen molar-refractivity contribution in [1.29, 1.82) is 0 Å². The summed E-state index contributed by atoms with van der Waals surface area (Å²) in [6.07, 6.45) is 3.56. The molecule has 1 fully saturated rings. The second-order valence-electron chi connectivity index (χ2n) is 11.2. The molecule has 0 spiro atoms. The molecule has 3 rings (SSSR count). The van der Waals surface area contributed by atoms with Crippen molar-refractivity contribution in [1.82, 2.24) is 10.2 Å². The van der Waals surface area contributed by atoms with Crippen LogP contribution in [-0.4, -0.2) is 48.5 Å². The van der Waals surface area contributed by atoms with Crippen LogP contribution in [0.2, 0.25) is 0 Å². The lowest BCUT2D eigenvalue weighted by Gasteiger charge is -2.52. The highest BCUT2D eigenvalue weighted by Gasteiger charge is 2.60. The number of esters is 1. The fourth-order valence-electron chi connectivity index (χ4n) is 4.96. The molecule has 1 saturated heterocycles. The van der Waals surface area contributed by atoms with Crippen LogP contribution in [0.5, 0.6) is 0 Å². The van der Waals surface area contributed by atoms with E-state index < -0.39 is 23.4 Å². The van der Waals surface area contributed by atoms with Crippen molar-refractivity contribution in [3.8, 4) is 0 Å². The molecule has 2 amide bonds. The summed E-state index contributed by atoms with van der Waals surface area (Å²) in [5.41, 5.74) is -0.892. The molecule has 2 aliphatic heterocycles. The summed E-state index contributed by atoms with van der Waals surface area (Å²) in [5, 5.41) is 2.92. The van der Waals surface area contributed by atoms with Crippen molar-refractivity contribution >= 4 is 17.8 Å². The third-order valence-electron chi connectivity index (χ3n) is 7.06. The SMILES string of the molecule is COC(=O)[C@]12C[C@H](CC(=O)NCCC(C)C)C(=O)N(Cc3ccco3)C1=C[C@H](C(C)(C)C)O[C@@H]2C. The highest BCUT2D eigenvalue weighted by Crippen LogP contribution is 2.52. The van der Waals surface area contributed by atoms with Gasteiger partial charge in [-0.25, -0.2) is 0 Å². The molecule has 194 valence electrons. The van der Waals surface area contributed by atoms with Gasteiger partial charge in [-0.1, -0.05) is 34.6 Å². The van der Waals surface area contributed by atoms with Crippen molar-refractivity contribution in [3.63, 3.8) is 0 Å². The van der Waals surface area contributed by atoms with Gasteiger partial charge in [0.25, 0.3) is 0 Å². The highest BCUT2D eigenvalue weighted by molar-refractivity contribution is 5.92. The van der Waals surface area contributed by atoms with Crippen molar-refractivity contribution in [3.05, 3.63) is 35.9 Å². The van der Waals surface area contributed by atoms with Crippen LogP contribution >= 0.6 is 0 Å². The Morgan fingerprint density at radius 2 is 2.03 bits per heavy atom. The molecule has 8 nitrogen and oxygen atoms in total. The number of nitrogens with zero attached hydrogens (tertiary/aromatic N) is 1. The lowest BCUT2D eigenvalue weighted by atomic mass is 9.65. The Labute approximate surface area is 208 Å². The van der Waals surface area contributed by atoms with Gasteiger partial charge < -0.3 is 24.1 Å². The zero-order chi connectivity index (χ0) is 26.0. The van der Waals surface area contributed by atoms with Gasteiger partial charge in [0.2, 0.25) is 11.8 Å². The maximum Gasteiger partial charge on any atom is 0.320 e. The topological polar surface area (TPSA) is 98.1 Å². The number of piperidine rings is 1. The molecule has 0 unspecified atom stereocenters. The average molecular weight is 489 g/mol. The van der Waals surface area contributed by atoms with Crippen LogP contribution in [-0.2, 0) is 30.4 Å². The Morgan fingerprint density at radius 3 is 2.60 bits per heavy atom. The predicted molar refractivity (Wildman–Crippen MR) is 131 cm³/mol. The van der Waals surface area contributed by atoms with Crippen molar-refractivity contribution in [2.45, 2.75) is 79.6 Å². The van der Waals surface area contributed by atoms with E-state index in [9.17, 15) is 14.4 Å². The Balaban J connectivity index is 2.02. The number of methoxy groups -OCH3 is 1. The second kappa shape index (κ2) is 10.6. The summed E-state index contributed by atoms with van der Waals surface area (Å²) in [7, 11) is 1.35. The van der Waals surface area contributed by atoms with E-state index in [1.807, 2.05) is 13.0 Å². The third-order valence-corrected chi connectivity index (χ3v) is 7.06. The van der Waals surface area contributed by atoms with Gasteiger partial charge in [0.05, 0.1) is 32.1 Å². The largest absolute Gasteiger partial charge is 0.468 e. The van der Waals surface area contributed by atoms with E-state index in [1.165, 1.54) is 7.11 Å². The Bertz CT molecular complexity index is 945. The van der Waals surface area contributed by atoms with Crippen molar-refractivity contribution in [2.24, 2.45) is 22.7 Å². The van der Waals surface area contributed by atoms with E-state index in [0.717, 1.165) is 6.42 Å². The number of likely N-dealkylation sites (tertiary alicyclic amines) is 1. The first kappa shape index (κ1) is 27.0. The third kappa shape index (κ3) is 5.63. The van der Waals surface area contributed by atoms with Crippen LogP contribution in [0.3, 0.4) is 0 Å². The molecule has 1 aromatic rings. The van der Waals surface area contributed by atoms with Gasteiger partial charge in [0.1, 0.15) is 11.2 Å². The highest BCUT2D eigenvalue weighted by atomic mass is 16.5. The van der Waals surface area contributed by atoms with Gasteiger partial charge in [-0.05, 0) is 49.3 Å². The molecule has 35 heavy (non-hydrogen) atoms. The molecule has 8 heteroatoms. The number of carbonyl (C=O) groups is 3. The molecule has 0 saturated carbocycles. The lowest BCUT2D eigenvalue weighted by molar-refractivity contribution is -0.180. The number of furan rings is 1. The monoisotopic (exact) mass is 488 g/mol. The number of rotatable bonds is 8. The maximum absolute atomic E-state index is 13.8. The van der Waals surface area contributed by atoms with Crippen molar-refractivity contribution in [2.75, 3.05) is 13.7 Å². The molecule has 4 atom stereocenters. The number of hydrogen-bond donors (Lipinski definition) is 1. The van der Waals surface area contributed by atoms with Gasteiger partial charge >= 0.3 is 5.97 Å². The summed E-state index contributed by atoms with van der Waals surface area (Å²) >= 11 is 0. The minimum absolute atomic E-state index is 0.00692. The van der Waals surface area contributed by atoms with E-state index in [0.29, 0.717) is 23.9 Å². The first-order valence-corrected chi connectivity index (χ1v) is 12.5.